The van der Waals surface area contributed by atoms with Crippen molar-refractivity contribution in [2.45, 2.75) is 19.3 Å². The van der Waals surface area contributed by atoms with Gasteiger partial charge >= 0.3 is 0 Å². The van der Waals surface area contributed by atoms with Gasteiger partial charge < -0.3 is 23.7 Å². The molecule has 5 nitrogen and oxygen atoms in total. The molecule has 1 spiro atoms. The van der Waals surface area contributed by atoms with Gasteiger partial charge in [-0.05, 0) is 48.2 Å². The molecule has 0 bridgehead atoms. The van der Waals surface area contributed by atoms with Crippen LogP contribution in [0.1, 0.15) is 33.4 Å². The second-order valence-electron chi connectivity index (χ2n) is 9.37. The molecule has 6 rings (SSSR count). The predicted octanol–water partition coefficient (Wildman–Crippen LogP) is 6.74. The Hall–Kier alpha value is -3.80. The highest BCUT2D eigenvalue weighted by atomic mass is 16.7. The molecule has 0 unspecified atom stereocenters. The molecule has 0 atom stereocenters. The van der Waals surface area contributed by atoms with Crippen LogP contribution < -0.4 is 14.2 Å². The molecule has 0 fully saturated rings. The maximum atomic E-state index is 6.55. The molecule has 0 saturated heterocycles. The minimum atomic E-state index is -0.537. The first-order valence-corrected chi connectivity index (χ1v) is 12.0. The fraction of sp³-hybridized carbons (Fsp3) is 0.226. The highest BCUT2D eigenvalue weighted by Gasteiger charge is 2.51. The average molecular weight is 481 g/mol. The van der Waals surface area contributed by atoms with Gasteiger partial charge in [-0.3, -0.25) is 0 Å². The summed E-state index contributed by atoms with van der Waals surface area (Å²) >= 11 is 0. The number of rotatable bonds is 6. The third-order valence-corrected chi connectivity index (χ3v) is 7.07. The van der Waals surface area contributed by atoms with E-state index in [1.165, 1.54) is 33.4 Å². The summed E-state index contributed by atoms with van der Waals surface area (Å²) in [5, 5.41) is 0. The van der Waals surface area contributed by atoms with Crippen LogP contribution in [0, 0.1) is 13.8 Å². The lowest BCUT2D eigenvalue weighted by atomic mass is 9.65. The van der Waals surface area contributed by atoms with Gasteiger partial charge in [0.15, 0.2) is 13.6 Å². The molecule has 36 heavy (non-hydrogen) atoms. The van der Waals surface area contributed by atoms with E-state index in [2.05, 4.69) is 62.4 Å². The van der Waals surface area contributed by atoms with Crippen molar-refractivity contribution in [2.24, 2.45) is 0 Å². The van der Waals surface area contributed by atoms with Gasteiger partial charge in [0.2, 0.25) is 0 Å². The van der Waals surface area contributed by atoms with E-state index < -0.39 is 5.41 Å². The molecule has 5 heteroatoms. The summed E-state index contributed by atoms with van der Waals surface area (Å²) in [6.45, 7) is 4.62. The van der Waals surface area contributed by atoms with Crippen LogP contribution in [0.5, 0.6) is 23.0 Å². The standard InChI is InChI=1S/C31H28O5/c1-19-5-9-23-24-10-6-20(2)14-28(24)31(27(23)13-19)25-11-7-21(34-17-32-3)15-29(25)36-30-16-22(35-18-33-4)8-12-26(30)31/h5-16H,17-18H2,1-4H3. The van der Waals surface area contributed by atoms with Gasteiger partial charge in [0.25, 0.3) is 0 Å². The lowest BCUT2D eigenvalue weighted by molar-refractivity contribution is 0.0509. The molecule has 4 aromatic carbocycles. The third-order valence-electron chi connectivity index (χ3n) is 7.07. The Morgan fingerprint density at radius 3 is 1.50 bits per heavy atom. The van der Waals surface area contributed by atoms with Crippen molar-refractivity contribution >= 4 is 0 Å². The van der Waals surface area contributed by atoms with Gasteiger partial charge in [-0.1, -0.05) is 59.7 Å². The summed E-state index contributed by atoms with van der Waals surface area (Å²) in [4.78, 5) is 0. The van der Waals surface area contributed by atoms with Crippen LogP contribution in [-0.4, -0.2) is 27.8 Å². The topological polar surface area (TPSA) is 46.2 Å². The Morgan fingerprint density at radius 2 is 1.06 bits per heavy atom. The molecular weight excluding hydrogens is 452 g/mol. The number of fused-ring (bicyclic) bond motifs is 9. The van der Waals surface area contributed by atoms with Gasteiger partial charge in [0, 0.05) is 37.5 Å². The summed E-state index contributed by atoms with van der Waals surface area (Å²) in [5.74, 6) is 2.88. The fourth-order valence-corrected chi connectivity index (χ4v) is 5.62. The highest BCUT2D eigenvalue weighted by molar-refractivity contribution is 5.89. The average Bonchev–Trinajstić information content (AvgIpc) is 3.15. The zero-order valence-electron chi connectivity index (χ0n) is 20.9. The van der Waals surface area contributed by atoms with Crippen molar-refractivity contribution in [2.75, 3.05) is 27.8 Å². The molecule has 0 aromatic heterocycles. The van der Waals surface area contributed by atoms with Crippen molar-refractivity contribution < 1.29 is 23.7 Å². The van der Waals surface area contributed by atoms with Crippen LogP contribution in [0.15, 0.2) is 72.8 Å². The van der Waals surface area contributed by atoms with Crippen LogP contribution in [0.4, 0.5) is 0 Å². The van der Waals surface area contributed by atoms with Gasteiger partial charge in [0.1, 0.15) is 23.0 Å². The number of aryl methyl sites for hydroxylation is 2. The van der Waals surface area contributed by atoms with E-state index in [-0.39, 0.29) is 13.6 Å². The Morgan fingerprint density at radius 1 is 0.583 bits per heavy atom. The molecule has 1 heterocycles. The first-order valence-electron chi connectivity index (χ1n) is 12.0. The van der Waals surface area contributed by atoms with Crippen LogP contribution in [0.25, 0.3) is 11.1 Å². The number of benzene rings is 4. The number of hydrogen-bond donors (Lipinski definition) is 0. The Bertz CT molecular complexity index is 1360. The third kappa shape index (κ3) is 3.31. The van der Waals surface area contributed by atoms with Crippen molar-refractivity contribution in [1.82, 2.24) is 0 Å². The zero-order chi connectivity index (χ0) is 24.9. The van der Waals surface area contributed by atoms with E-state index in [0.29, 0.717) is 11.5 Å². The fourth-order valence-electron chi connectivity index (χ4n) is 5.62. The van der Waals surface area contributed by atoms with E-state index in [1.54, 1.807) is 14.2 Å². The van der Waals surface area contributed by atoms with Crippen LogP contribution in [0.3, 0.4) is 0 Å². The Kier molecular flexibility index (Phi) is 5.47. The van der Waals surface area contributed by atoms with E-state index in [4.69, 9.17) is 23.7 Å². The first-order chi connectivity index (χ1) is 17.6. The second kappa shape index (κ2) is 8.70. The van der Waals surface area contributed by atoms with Crippen molar-refractivity contribution in [3.8, 4) is 34.1 Å². The summed E-state index contributed by atoms with van der Waals surface area (Å²) < 4.78 is 28.3. The van der Waals surface area contributed by atoms with E-state index in [1.807, 2.05) is 24.3 Å². The molecule has 0 N–H and O–H groups in total. The minimum Gasteiger partial charge on any atom is -0.467 e. The van der Waals surface area contributed by atoms with Crippen LogP contribution in [-0.2, 0) is 14.9 Å². The van der Waals surface area contributed by atoms with E-state index >= 15 is 0 Å². The van der Waals surface area contributed by atoms with Gasteiger partial charge in [-0.15, -0.1) is 0 Å². The van der Waals surface area contributed by atoms with Crippen molar-refractivity contribution in [1.29, 1.82) is 0 Å². The maximum Gasteiger partial charge on any atom is 0.188 e. The lowest BCUT2D eigenvalue weighted by Crippen LogP contribution is -2.32. The summed E-state index contributed by atoms with van der Waals surface area (Å²) in [7, 11) is 3.22. The molecule has 2 aliphatic rings. The molecule has 1 aliphatic carbocycles. The highest BCUT2D eigenvalue weighted by Crippen LogP contribution is 2.62. The number of methoxy groups -OCH3 is 2. The monoisotopic (exact) mass is 480 g/mol. The Balaban J connectivity index is 1.68. The first kappa shape index (κ1) is 22.7. The second-order valence-corrected chi connectivity index (χ2v) is 9.37. The molecule has 0 radical (unpaired) electrons. The largest absolute Gasteiger partial charge is 0.467 e. The minimum absolute atomic E-state index is 0.166. The molecule has 182 valence electrons. The summed E-state index contributed by atoms with van der Waals surface area (Å²) in [5.41, 5.74) is 9.06. The quantitative estimate of drug-likeness (QED) is 0.247. The maximum absolute atomic E-state index is 6.55. The SMILES string of the molecule is COCOc1ccc2c(c1)Oc1cc(OCOC)ccc1C21c2cc(C)ccc2-c2ccc(C)cc21. The number of ether oxygens (including phenoxy) is 5. The smallest absolute Gasteiger partial charge is 0.188 e. The van der Waals surface area contributed by atoms with Crippen LogP contribution >= 0.6 is 0 Å². The van der Waals surface area contributed by atoms with Crippen molar-refractivity contribution in [3.05, 3.63) is 106 Å². The van der Waals surface area contributed by atoms with Crippen molar-refractivity contribution in [3.63, 3.8) is 0 Å². The van der Waals surface area contributed by atoms with E-state index in [0.717, 1.165) is 22.6 Å². The lowest BCUT2D eigenvalue weighted by Gasteiger charge is -2.39. The molecule has 0 saturated carbocycles. The van der Waals surface area contributed by atoms with E-state index in [9.17, 15) is 0 Å². The van der Waals surface area contributed by atoms with Gasteiger partial charge in [-0.25, -0.2) is 0 Å². The number of hydrogen-bond acceptors (Lipinski definition) is 5. The zero-order valence-corrected chi connectivity index (χ0v) is 20.9. The normalized spacial score (nSPS) is 13.9. The Labute approximate surface area is 211 Å². The van der Waals surface area contributed by atoms with Crippen LogP contribution in [0.2, 0.25) is 0 Å². The molecular formula is C31H28O5. The molecule has 0 amide bonds. The molecule has 4 aromatic rings. The predicted molar refractivity (Wildman–Crippen MR) is 138 cm³/mol. The summed E-state index contributed by atoms with van der Waals surface area (Å²) in [6.07, 6.45) is 0. The van der Waals surface area contributed by atoms with Gasteiger partial charge in [0.05, 0.1) is 5.41 Å². The van der Waals surface area contributed by atoms with Gasteiger partial charge in [-0.2, -0.15) is 0 Å². The molecule has 1 aliphatic heterocycles. The summed E-state index contributed by atoms with van der Waals surface area (Å²) in [6, 6.07) is 25.6.